The van der Waals surface area contributed by atoms with E-state index < -0.39 is 18.0 Å². The summed E-state index contributed by atoms with van der Waals surface area (Å²) >= 11 is 0. The van der Waals surface area contributed by atoms with Crippen molar-refractivity contribution in [3.8, 4) is 0 Å². The molecule has 1 aliphatic carbocycles. The van der Waals surface area contributed by atoms with Crippen molar-refractivity contribution < 1.29 is 23.9 Å². The minimum Gasteiger partial charge on any atom is -0.462 e. The summed E-state index contributed by atoms with van der Waals surface area (Å²) in [6, 6.07) is 8.63. The molecule has 1 unspecified atom stereocenters. The van der Waals surface area contributed by atoms with Crippen molar-refractivity contribution in [2.24, 2.45) is 11.8 Å². The van der Waals surface area contributed by atoms with E-state index in [1.54, 1.807) is 24.3 Å². The molecule has 0 amide bonds. The number of ether oxygens (including phenoxy) is 2. The van der Waals surface area contributed by atoms with Crippen molar-refractivity contribution in [1.82, 2.24) is 0 Å². The lowest BCUT2D eigenvalue weighted by molar-refractivity contribution is -0.141. The number of carbonyl (C=O) groups excluding carboxylic acids is 3. The van der Waals surface area contributed by atoms with Gasteiger partial charge in [0.2, 0.25) is 0 Å². The monoisotopic (exact) mass is 274 g/mol. The standard InChI is InChI=1S/C15H14O5/c16-8-11-10-6-14(17)19-12(10)7-13(11)20-15(18)9-4-2-1-3-5-9/h1-5,8,10-13H,6-7H2/t10-,11?,12+,13-/m1/s1. The molecular weight excluding hydrogens is 260 g/mol. The van der Waals surface area contributed by atoms with E-state index in [1.807, 2.05) is 6.07 Å². The largest absolute Gasteiger partial charge is 0.462 e. The predicted molar refractivity (Wildman–Crippen MR) is 67.8 cm³/mol. The molecule has 0 aromatic heterocycles. The Morgan fingerprint density at radius 1 is 1.30 bits per heavy atom. The highest BCUT2D eigenvalue weighted by Gasteiger charge is 2.51. The fourth-order valence-electron chi connectivity index (χ4n) is 2.99. The molecule has 1 aromatic carbocycles. The van der Waals surface area contributed by atoms with Crippen LogP contribution in [0.25, 0.3) is 0 Å². The minimum atomic E-state index is -0.511. The van der Waals surface area contributed by atoms with E-state index in [2.05, 4.69) is 0 Å². The summed E-state index contributed by atoms with van der Waals surface area (Å²) < 4.78 is 10.6. The van der Waals surface area contributed by atoms with Crippen LogP contribution >= 0.6 is 0 Å². The van der Waals surface area contributed by atoms with Crippen LogP contribution in [0, 0.1) is 11.8 Å². The molecule has 20 heavy (non-hydrogen) atoms. The topological polar surface area (TPSA) is 69.7 Å². The highest BCUT2D eigenvalue weighted by molar-refractivity contribution is 5.89. The molecule has 4 atom stereocenters. The Kier molecular flexibility index (Phi) is 3.26. The summed E-state index contributed by atoms with van der Waals surface area (Å²) in [6.45, 7) is 0. The van der Waals surface area contributed by atoms with Gasteiger partial charge in [0.15, 0.2) is 0 Å². The summed E-state index contributed by atoms with van der Waals surface area (Å²) in [5, 5.41) is 0. The van der Waals surface area contributed by atoms with Gasteiger partial charge in [-0.05, 0) is 12.1 Å². The highest BCUT2D eigenvalue weighted by Crippen LogP contribution is 2.41. The maximum atomic E-state index is 12.0. The second kappa shape index (κ2) is 5.07. The predicted octanol–water partition coefficient (Wildman–Crippen LogP) is 1.36. The molecular formula is C15H14O5. The van der Waals surface area contributed by atoms with Gasteiger partial charge >= 0.3 is 11.9 Å². The van der Waals surface area contributed by atoms with E-state index in [9.17, 15) is 14.4 Å². The third kappa shape index (κ3) is 2.19. The van der Waals surface area contributed by atoms with Crippen LogP contribution in [0.3, 0.4) is 0 Å². The van der Waals surface area contributed by atoms with E-state index in [-0.39, 0.29) is 24.4 Å². The van der Waals surface area contributed by atoms with Crippen molar-refractivity contribution in [3.63, 3.8) is 0 Å². The smallest absolute Gasteiger partial charge is 0.338 e. The van der Waals surface area contributed by atoms with Crippen LogP contribution in [0.1, 0.15) is 23.2 Å². The van der Waals surface area contributed by atoms with Crippen LogP contribution in [0.5, 0.6) is 0 Å². The first-order chi connectivity index (χ1) is 9.69. The first kappa shape index (κ1) is 12.8. The van der Waals surface area contributed by atoms with Gasteiger partial charge in [-0.25, -0.2) is 4.79 Å². The van der Waals surface area contributed by atoms with E-state index in [0.717, 1.165) is 6.29 Å². The number of esters is 2. The number of rotatable bonds is 3. The van der Waals surface area contributed by atoms with Crippen LogP contribution in [0.4, 0.5) is 0 Å². The van der Waals surface area contributed by atoms with Gasteiger partial charge in [0, 0.05) is 12.3 Å². The second-order valence-corrected chi connectivity index (χ2v) is 5.16. The highest BCUT2D eigenvalue weighted by atomic mass is 16.6. The normalized spacial score (nSPS) is 31.5. The molecule has 0 spiro atoms. The van der Waals surface area contributed by atoms with E-state index in [4.69, 9.17) is 9.47 Å². The summed E-state index contributed by atoms with van der Waals surface area (Å²) in [7, 11) is 0. The Labute approximate surface area is 115 Å². The zero-order valence-electron chi connectivity index (χ0n) is 10.7. The minimum absolute atomic E-state index is 0.159. The maximum absolute atomic E-state index is 12.0. The molecule has 1 aromatic rings. The maximum Gasteiger partial charge on any atom is 0.338 e. The van der Waals surface area contributed by atoms with Crippen LogP contribution in [-0.4, -0.2) is 30.4 Å². The quantitative estimate of drug-likeness (QED) is 0.615. The van der Waals surface area contributed by atoms with Crippen molar-refractivity contribution >= 4 is 18.2 Å². The lowest BCUT2D eigenvalue weighted by Crippen LogP contribution is -2.27. The first-order valence-electron chi connectivity index (χ1n) is 6.60. The molecule has 2 fully saturated rings. The Hall–Kier alpha value is -2.17. The fourth-order valence-corrected chi connectivity index (χ4v) is 2.99. The molecule has 3 rings (SSSR count). The van der Waals surface area contributed by atoms with Gasteiger partial charge in [0.05, 0.1) is 17.9 Å². The molecule has 0 radical (unpaired) electrons. The molecule has 5 nitrogen and oxygen atoms in total. The number of benzene rings is 1. The van der Waals surface area contributed by atoms with Gasteiger partial charge in [-0.1, -0.05) is 18.2 Å². The molecule has 1 saturated heterocycles. The number of hydrogen-bond acceptors (Lipinski definition) is 5. The lowest BCUT2D eigenvalue weighted by Gasteiger charge is -2.17. The van der Waals surface area contributed by atoms with Crippen LogP contribution < -0.4 is 0 Å². The van der Waals surface area contributed by atoms with E-state index in [0.29, 0.717) is 12.0 Å². The SMILES string of the molecule is O=CC1[C@H]2CC(=O)O[C@H]2C[C@H]1OC(=O)c1ccccc1. The average Bonchev–Trinajstić information content (AvgIpc) is 2.95. The Bertz CT molecular complexity index is 538. The molecule has 1 aliphatic heterocycles. The van der Waals surface area contributed by atoms with E-state index in [1.165, 1.54) is 0 Å². The molecule has 104 valence electrons. The third-order valence-electron chi connectivity index (χ3n) is 3.98. The summed E-state index contributed by atoms with van der Waals surface area (Å²) in [5.74, 6) is -1.35. The number of hydrogen-bond donors (Lipinski definition) is 0. The summed E-state index contributed by atoms with van der Waals surface area (Å²) in [5.41, 5.74) is 0.450. The van der Waals surface area contributed by atoms with Crippen LogP contribution in [0.15, 0.2) is 30.3 Å². The summed E-state index contributed by atoms with van der Waals surface area (Å²) in [6.07, 6.45) is 0.594. The molecule has 1 heterocycles. The Balaban J connectivity index is 1.71. The van der Waals surface area contributed by atoms with Crippen LogP contribution in [-0.2, 0) is 19.1 Å². The second-order valence-electron chi connectivity index (χ2n) is 5.16. The molecule has 2 aliphatic rings. The number of aldehydes is 1. The summed E-state index contributed by atoms with van der Waals surface area (Å²) in [4.78, 5) is 34.4. The van der Waals surface area contributed by atoms with Gasteiger partial charge in [0.1, 0.15) is 18.5 Å². The van der Waals surface area contributed by atoms with E-state index >= 15 is 0 Å². The van der Waals surface area contributed by atoms with Crippen LogP contribution in [0.2, 0.25) is 0 Å². The van der Waals surface area contributed by atoms with Gasteiger partial charge in [-0.15, -0.1) is 0 Å². The van der Waals surface area contributed by atoms with Gasteiger partial charge in [-0.2, -0.15) is 0 Å². The number of fused-ring (bicyclic) bond motifs is 1. The van der Waals surface area contributed by atoms with Gasteiger partial charge in [-0.3, -0.25) is 4.79 Å². The van der Waals surface area contributed by atoms with Crippen molar-refractivity contribution in [2.45, 2.75) is 25.0 Å². The van der Waals surface area contributed by atoms with Gasteiger partial charge in [0.25, 0.3) is 0 Å². The van der Waals surface area contributed by atoms with Crippen molar-refractivity contribution in [1.29, 1.82) is 0 Å². The zero-order chi connectivity index (χ0) is 14.1. The van der Waals surface area contributed by atoms with Crippen molar-refractivity contribution in [2.75, 3.05) is 0 Å². The first-order valence-corrected chi connectivity index (χ1v) is 6.60. The Morgan fingerprint density at radius 3 is 2.75 bits per heavy atom. The fraction of sp³-hybridized carbons (Fsp3) is 0.400. The molecule has 1 saturated carbocycles. The van der Waals surface area contributed by atoms with Gasteiger partial charge < -0.3 is 14.3 Å². The molecule has 0 bridgehead atoms. The third-order valence-corrected chi connectivity index (χ3v) is 3.98. The average molecular weight is 274 g/mol. The number of carbonyl (C=O) groups is 3. The lowest BCUT2D eigenvalue weighted by atomic mass is 9.93. The Morgan fingerprint density at radius 2 is 2.05 bits per heavy atom. The molecule has 5 heteroatoms. The molecule has 0 N–H and O–H groups in total. The zero-order valence-corrected chi connectivity index (χ0v) is 10.7. The van der Waals surface area contributed by atoms with Crippen molar-refractivity contribution in [3.05, 3.63) is 35.9 Å².